The number of aliphatic carboxylic acids is 2. The number of thiocarbonyl (C=S) groups is 2. The van der Waals surface area contributed by atoms with Crippen LogP contribution in [0.5, 0.6) is 0 Å². The summed E-state index contributed by atoms with van der Waals surface area (Å²) in [5.41, 5.74) is -0.598. The molecule has 0 heterocycles. The fourth-order valence-electron chi connectivity index (χ4n) is 2.35. The molecule has 0 aliphatic carbocycles. The van der Waals surface area contributed by atoms with E-state index in [2.05, 4.69) is 21.3 Å². The molecule has 0 spiro atoms. The van der Waals surface area contributed by atoms with Gasteiger partial charge in [-0.05, 0) is 48.1 Å². The van der Waals surface area contributed by atoms with Crippen LogP contribution in [0.2, 0.25) is 0 Å². The summed E-state index contributed by atoms with van der Waals surface area (Å²) in [6.07, 6.45) is 1.58. The van der Waals surface area contributed by atoms with E-state index in [0.29, 0.717) is 42.8 Å². The molecule has 0 saturated carbocycles. The SMILES string of the molecule is CC(C)(CCNC(=S)NCNC(=S)NCCC(C)(C)CC(=O)O)CC(=O)O. The lowest BCUT2D eigenvalue weighted by Crippen LogP contribution is -2.46. The summed E-state index contributed by atoms with van der Waals surface area (Å²) in [5.74, 6) is -1.62. The van der Waals surface area contributed by atoms with Crippen molar-refractivity contribution in [3.05, 3.63) is 0 Å². The van der Waals surface area contributed by atoms with Crippen molar-refractivity contribution < 1.29 is 19.8 Å². The highest BCUT2D eigenvalue weighted by Crippen LogP contribution is 2.24. The molecular formula is C17H32N4O4S2. The number of carbonyl (C=O) groups is 2. The van der Waals surface area contributed by atoms with Crippen molar-refractivity contribution in [3.63, 3.8) is 0 Å². The van der Waals surface area contributed by atoms with Crippen LogP contribution < -0.4 is 21.3 Å². The minimum atomic E-state index is -0.808. The van der Waals surface area contributed by atoms with Crippen LogP contribution in [0.4, 0.5) is 0 Å². The smallest absolute Gasteiger partial charge is 0.303 e. The molecule has 6 N–H and O–H groups in total. The van der Waals surface area contributed by atoms with Crippen molar-refractivity contribution >= 4 is 46.6 Å². The van der Waals surface area contributed by atoms with Gasteiger partial charge < -0.3 is 31.5 Å². The molecule has 0 aromatic rings. The first-order valence-electron chi connectivity index (χ1n) is 8.80. The molecular weight excluding hydrogens is 388 g/mol. The third-order valence-electron chi connectivity index (χ3n) is 3.93. The summed E-state index contributed by atoms with van der Waals surface area (Å²) < 4.78 is 0. The third kappa shape index (κ3) is 15.1. The molecule has 0 amide bonds. The lowest BCUT2D eigenvalue weighted by molar-refractivity contribution is -0.140. The van der Waals surface area contributed by atoms with Gasteiger partial charge in [0.2, 0.25) is 0 Å². The van der Waals surface area contributed by atoms with Gasteiger partial charge in [-0.25, -0.2) is 0 Å². The number of carboxylic acid groups (broad SMARTS) is 2. The van der Waals surface area contributed by atoms with Crippen molar-refractivity contribution in [3.8, 4) is 0 Å². The molecule has 8 nitrogen and oxygen atoms in total. The predicted octanol–water partition coefficient (Wildman–Crippen LogP) is 1.65. The number of carboxylic acids is 2. The second kappa shape index (κ2) is 11.9. The standard InChI is InChI=1S/C17H32N4O4S2/c1-16(2,9-12(22)23)5-7-18-14(26)20-11-21-15(27)19-8-6-17(3,4)10-13(24)25/h5-11H2,1-4H3,(H,22,23)(H,24,25)(H2,18,20,26)(H2,19,21,27). The van der Waals surface area contributed by atoms with Crippen molar-refractivity contribution in [2.75, 3.05) is 19.8 Å². The Bertz CT molecular complexity index is 493. The molecule has 0 aliphatic heterocycles. The van der Waals surface area contributed by atoms with Gasteiger partial charge in [-0.2, -0.15) is 0 Å². The first-order chi connectivity index (χ1) is 12.3. The Hall–Kier alpha value is -1.68. The Kier molecular flexibility index (Phi) is 11.2. The molecule has 0 aliphatic rings. The zero-order chi connectivity index (χ0) is 21.1. The van der Waals surface area contributed by atoms with Gasteiger partial charge in [0, 0.05) is 13.1 Å². The summed E-state index contributed by atoms with van der Waals surface area (Å²) in [6.45, 7) is 9.12. The third-order valence-corrected chi connectivity index (χ3v) is 4.51. The normalized spacial score (nSPS) is 11.4. The predicted molar refractivity (Wildman–Crippen MR) is 114 cm³/mol. The maximum absolute atomic E-state index is 10.8. The Balaban J connectivity index is 3.87. The highest BCUT2D eigenvalue weighted by Gasteiger charge is 2.22. The summed E-state index contributed by atoms with van der Waals surface area (Å²) >= 11 is 10.3. The van der Waals surface area contributed by atoms with Crippen molar-refractivity contribution in [2.45, 2.75) is 53.4 Å². The van der Waals surface area contributed by atoms with Crippen LogP contribution in [0.15, 0.2) is 0 Å². The first kappa shape index (κ1) is 25.3. The molecule has 0 bridgehead atoms. The number of nitrogens with one attached hydrogen (secondary N) is 4. The van der Waals surface area contributed by atoms with Crippen LogP contribution in [0.3, 0.4) is 0 Å². The molecule has 0 aromatic heterocycles. The van der Waals surface area contributed by atoms with E-state index in [9.17, 15) is 9.59 Å². The maximum atomic E-state index is 10.8. The molecule has 0 saturated heterocycles. The van der Waals surface area contributed by atoms with Gasteiger partial charge in [0.1, 0.15) is 0 Å². The number of hydrogen-bond donors (Lipinski definition) is 6. The first-order valence-corrected chi connectivity index (χ1v) is 9.62. The van der Waals surface area contributed by atoms with Gasteiger partial charge in [-0.3, -0.25) is 9.59 Å². The molecule has 0 fully saturated rings. The molecule has 0 atom stereocenters. The Morgan fingerprint density at radius 2 is 1.07 bits per heavy atom. The molecule has 0 rings (SSSR count). The van der Waals surface area contributed by atoms with Crippen LogP contribution in [-0.2, 0) is 9.59 Å². The van der Waals surface area contributed by atoms with Crippen molar-refractivity contribution in [2.24, 2.45) is 10.8 Å². The Morgan fingerprint density at radius 1 is 0.741 bits per heavy atom. The van der Waals surface area contributed by atoms with Crippen molar-refractivity contribution in [1.29, 1.82) is 0 Å². The van der Waals surface area contributed by atoms with Gasteiger partial charge in [0.05, 0.1) is 19.5 Å². The Morgan fingerprint density at radius 3 is 1.37 bits per heavy atom. The quantitative estimate of drug-likeness (QED) is 0.205. The minimum Gasteiger partial charge on any atom is -0.481 e. The number of rotatable bonds is 12. The van der Waals surface area contributed by atoms with E-state index in [4.69, 9.17) is 34.6 Å². The second-order valence-corrected chi connectivity index (χ2v) is 8.83. The van der Waals surface area contributed by atoms with E-state index in [0.717, 1.165) is 0 Å². The highest BCUT2D eigenvalue weighted by atomic mass is 32.1. The average Bonchev–Trinajstić information content (AvgIpc) is 2.43. The average molecular weight is 421 g/mol. The molecule has 0 aromatic carbocycles. The maximum Gasteiger partial charge on any atom is 0.303 e. The van der Waals surface area contributed by atoms with Gasteiger partial charge in [0.15, 0.2) is 10.2 Å². The number of hydrogen-bond acceptors (Lipinski definition) is 4. The summed E-state index contributed by atoms with van der Waals surface area (Å²) in [6, 6.07) is 0. The lowest BCUT2D eigenvalue weighted by atomic mass is 9.86. The largest absolute Gasteiger partial charge is 0.481 e. The monoisotopic (exact) mass is 420 g/mol. The van der Waals surface area contributed by atoms with E-state index >= 15 is 0 Å². The minimum absolute atomic E-state index is 0.111. The molecule has 156 valence electrons. The van der Waals surface area contributed by atoms with Gasteiger partial charge in [0.25, 0.3) is 0 Å². The summed E-state index contributed by atoms with van der Waals surface area (Å²) in [5, 5.41) is 30.6. The Labute approximate surface area is 171 Å². The zero-order valence-corrected chi connectivity index (χ0v) is 18.1. The lowest BCUT2D eigenvalue weighted by Gasteiger charge is -2.23. The van der Waals surface area contributed by atoms with Crippen LogP contribution in [-0.4, -0.2) is 52.1 Å². The zero-order valence-electron chi connectivity index (χ0n) is 16.5. The van der Waals surface area contributed by atoms with Crippen LogP contribution >= 0.6 is 24.4 Å². The second-order valence-electron chi connectivity index (χ2n) is 8.01. The fraction of sp³-hybridized carbons (Fsp3) is 0.765. The molecule has 0 radical (unpaired) electrons. The van der Waals surface area contributed by atoms with Crippen LogP contribution in [0.1, 0.15) is 53.4 Å². The van der Waals surface area contributed by atoms with Gasteiger partial charge >= 0.3 is 11.9 Å². The molecule has 27 heavy (non-hydrogen) atoms. The topological polar surface area (TPSA) is 123 Å². The van der Waals surface area contributed by atoms with E-state index < -0.39 is 11.9 Å². The van der Waals surface area contributed by atoms with Gasteiger partial charge in [-0.1, -0.05) is 27.7 Å². The van der Waals surface area contributed by atoms with Crippen LogP contribution in [0.25, 0.3) is 0 Å². The molecule has 10 heteroatoms. The van der Waals surface area contributed by atoms with E-state index in [-0.39, 0.29) is 23.7 Å². The van der Waals surface area contributed by atoms with E-state index in [1.807, 2.05) is 27.7 Å². The van der Waals surface area contributed by atoms with Gasteiger partial charge in [-0.15, -0.1) is 0 Å². The highest BCUT2D eigenvalue weighted by molar-refractivity contribution is 7.80. The van der Waals surface area contributed by atoms with Crippen molar-refractivity contribution in [1.82, 2.24) is 21.3 Å². The van der Waals surface area contributed by atoms with E-state index in [1.165, 1.54) is 0 Å². The van der Waals surface area contributed by atoms with E-state index in [1.54, 1.807) is 0 Å². The summed E-state index contributed by atoms with van der Waals surface area (Å²) in [4.78, 5) is 21.6. The van der Waals surface area contributed by atoms with Crippen LogP contribution in [0, 0.1) is 10.8 Å². The molecule has 0 unspecified atom stereocenters. The summed E-state index contributed by atoms with van der Waals surface area (Å²) in [7, 11) is 0. The fourth-order valence-corrected chi connectivity index (χ4v) is 2.70.